The predicted octanol–water partition coefficient (Wildman–Crippen LogP) is 1.99. The number of benzene rings is 1. The van der Waals surface area contributed by atoms with Gasteiger partial charge in [0.1, 0.15) is 11.9 Å². The van der Waals surface area contributed by atoms with Crippen molar-refractivity contribution in [3.63, 3.8) is 0 Å². The summed E-state index contributed by atoms with van der Waals surface area (Å²) in [6.07, 6.45) is 0. The van der Waals surface area contributed by atoms with Gasteiger partial charge in [0.05, 0.1) is 5.56 Å². The molecule has 25 heavy (non-hydrogen) atoms. The van der Waals surface area contributed by atoms with Crippen LogP contribution in [0, 0.1) is 11.7 Å². The van der Waals surface area contributed by atoms with Gasteiger partial charge < -0.3 is 15.0 Å². The molecule has 0 heterocycles. The van der Waals surface area contributed by atoms with Gasteiger partial charge in [0.25, 0.3) is 11.8 Å². The Hall–Kier alpha value is -2.44. The third-order valence-corrected chi connectivity index (χ3v) is 3.78. The second-order valence-electron chi connectivity index (χ2n) is 5.85. The van der Waals surface area contributed by atoms with Gasteiger partial charge in [-0.3, -0.25) is 9.59 Å². The summed E-state index contributed by atoms with van der Waals surface area (Å²) in [6, 6.07) is 4.52. The standard InChI is InChI=1S/C18H25FN2O4/c1-5-21(6-2)15(22)11-25-18(24)16(12(3)4)20-17(23)13-9-7-8-10-14(13)19/h7-10,12,16H,5-6,11H2,1-4H3,(H,20,23)/t16-/m0/s1. The summed E-state index contributed by atoms with van der Waals surface area (Å²) in [6.45, 7) is 7.75. The number of ether oxygens (including phenoxy) is 1. The van der Waals surface area contributed by atoms with Crippen LogP contribution in [-0.4, -0.2) is 48.4 Å². The average molecular weight is 352 g/mol. The van der Waals surface area contributed by atoms with Crippen LogP contribution in [0.5, 0.6) is 0 Å². The van der Waals surface area contributed by atoms with Gasteiger partial charge in [-0.25, -0.2) is 9.18 Å². The van der Waals surface area contributed by atoms with Crippen LogP contribution in [0.2, 0.25) is 0 Å². The van der Waals surface area contributed by atoms with Crippen LogP contribution < -0.4 is 5.32 Å². The van der Waals surface area contributed by atoms with Gasteiger partial charge in [0.2, 0.25) is 0 Å². The van der Waals surface area contributed by atoms with Crippen molar-refractivity contribution in [2.24, 2.45) is 5.92 Å². The topological polar surface area (TPSA) is 75.7 Å². The Bertz CT molecular complexity index is 615. The zero-order valence-electron chi connectivity index (χ0n) is 15.0. The summed E-state index contributed by atoms with van der Waals surface area (Å²) >= 11 is 0. The molecule has 0 unspecified atom stereocenters. The van der Waals surface area contributed by atoms with E-state index in [1.54, 1.807) is 13.8 Å². The summed E-state index contributed by atoms with van der Waals surface area (Å²) in [5, 5.41) is 2.48. The Kier molecular flexibility index (Phi) is 8.04. The second-order valence-corrected chi connectivity index (χ2v) is 5.85. The van der Waals surface area contributed by atoms with Crippen molar-refractivity contribution in [2.75, 3.05) is 19.7 Å². The number of amides is 2. The third-order valence-electron chi connectivity index (χ3n) is 3.78. The van der Waals surface area contributed by atoms with Crippen LogP contribution in [0.15, 0.2) is 24.3 Å². The minimum Gasteiger partial charge on any atom is -0.454 e. The molecule has 0 spiro atoms. The predicted molar refractivity (Wildman–Crippen MR) is 91.4 cm³/mol. The molecule has 1 rings (SSSR count). The van der Waals surface area contributed by atoms with E-state index in [0.717, 1.165) is 0 Å². The van der Waals surface area contributed by atoms with Crippen molar-refractivity contribution in [1.29, 1.82) is 0 Å². The van der Waals surface area contributed by atoms with Crippen molar-refractivity contribution in [2.45, 2.75) is 33.7 Å². The lowest BCUT2D eigenvalue weighted by Crippen LogP contribution is -2.46. The number of carbonyl (C=O) groups excluding carboxylic acids is 3. The van der Waals surface area contributed by atoms with Crippen LogP contribution >= 0.6 is 0 Å². The molecule has 0 aliphatic rings. The highest BCUT2D eigenvalue weighted by atomic mass is 19.1. The lowest BCUT2D eigenvalue weighted by atomic mass is 10.0. The summed E-state index contributed by atoms with van der Waals surface area (Å²) in [5.74, 6) is -2.69. The molecule has 7 heteroatoms. The molecule has 0 radical (unpaired) electrons. The quantitative estimate of drug-likeness (QED) is 0.726. The SMILES string of the molecule is CCN(CC)C(=O)COC(=O)[C@@H](NC(=O)c1ccccc1F)C(C)C. The molecule has 1 aromatic carbocycles. The number of esters is 1. The molecule has 0 aliphatic carbocycles. The number of rotatable bonds is 8. The maximum Gasteiger partial charge on any atom is 0.329 e. The fourth-order valence-electron chi connectivity index (χ4n) is 2.25. The number of hydrogen-bond acceptors (Lipinski definition) is 4. The van der Waals surface area contributed by atoms with E-state index in [0.29, 0.717) is 13.1 Å². The lowest BCUT2D eigenvalue weighted by molar-refractivity contribution is -0.154. The molecule has 0 fully saturated rings. The fraction of sp³-hybridized carbons (Fsp3) is 0.500. The van der Waals surface area contributed by atoms with Crippen molar-refractivity contribution in [3.8, 4) is 0 Å². The van der Waals surface area contributed by atoms with E-state index in [-0.39, 0.29) is 24.0 Å². The van der Waals surface area contributed by atoms with E-state index in [1.165, 1.54) is 29.2 Å². The molecular formula is C18H25FN2O4. The van der Waals surface area contributed by atoms with Gasteiger partial charge in [-0.2, -0.15) is 0 Å². The maximum atomic E-state index is 13.7. The highest BCUT2D eigenvalue weighted by Gasteiger charge is 2.28. The van der Waals surface area contributed by atoms with Crippen molar-refractivity contribution in [3.05, 3.63) is 35.6 Å². The van der Waals surface area contributed by atoms with Crippen molar-refractivity contribution in [1.82, 2.24) is 10.2 Å². The van der Waals surface area contributed by atoms with Crippen molar-refractivity contribution >= 4 is 17.8 Å². The molecular weight excluding hydrogens is 327 g/mol. The van der Waals surface area contributed by atoms with Gasteiger partial charge in [-0.15, -0.1) is 0 Å². The molecule has 0 saturated heterocycles. The maximum absolute atomic E-state index is 13.7. The van der Waals surface area contributed by atoms with Gasteiger partial charge in [-0.05, 0) is 31.9 Å². The van der Waals surface area contributed by atoms with Gasteiger partial charge in [0, 0.05) is 13.1 Å². The molecule has 1 aromatic rings. The summed E-state index contributed by atoms with van der Waals surface area (Å²) in [7, 11) is 0. The summed E-state index contributed by atoms with van der Waals surface area (Å²) in [4.78, 5) is 37.9. The molecule has 0 saturated carbocycles. The second kappa shape index (κ2) is 9.76. The summed E-state index contributed by atoms with van der Waals surface area (Å²) in [5.41, 5.74) is -0.153. The number of nitrogens with one attached hydrogen (secondary N) is 1. The number of likely N-dealkylation sites (N-methyl/N-ethyl adjacent to an activating group) is 1. The zero-order valence-corrected chi connectivity index (χ0v) is 15.0. The Morgan fingerprint density at radius 2 is 1.76 bits per heavy atom. The first-order valence-electron chi connectivity index (χ1n) is 8.31. The average Bonchev–Trinajstić information content (AvgIpc) is 2.58. The molecule has 1 atom stereocenters. The number of hydrogen-bond donors (Lipinski definition) is 1. The van der Waals surface area contributed by atoms with E-state index in [9.17, 15) is 18.8 Å². The molecule has 0 aliphatic heterocycles. The highest BCUT2D eigenvalue weighted by Crippen LogP contribution is 2.10. The van der Waals surface area contributed by atoms with Gasteiger partial charge in [-0.1, -0.05) is 26.0 Å². The Morgan fingerprint density at radius 1 is 1.16 bits per heavy atom. The Balaban J connectivity index is 2.73. The van der Waals surface area contributed by atoms with Crippen LogP contribution in [-0.2, 0) is 14.3 Å². The largest absolute Gasteiger partial charge is 0.454 e. The lowest BCUT2D eigenvalue weighted by Gasteiger charge is -2.22. The number of nitrogens with zero attached hydrogens (tertiary/aromatic N) is 1. The number of carbonyl (C=O) groups is 3. The smallest absolute Gasteiger partial charge is 0.329 e. The third kappa shape index (κ3) is 5.85. The molecule has 2 amide bonds. The van der Waals surface area contributed by atoms with E-state index in [4.69, 9.17) is 4.74 Å². The first-order valence-corrected chi connectivity index (χ1v) is 8.31. The van der Waals surface area contributed by atoms with E-state index >= 15 is 0 Å². The van der Waals surface area contributed by atoms with Crippen LogP contribution in [0.1, 0.15) is 38.1 Å². The monoisotopic (exact) mass is 352 g/mol. The molecule has 6 nitrogen and oxygen atoms in total. The van der Waals surface area contributed by atoms with Crippen LogP contribution in [0.4, 0.5) is 4.39 Å². The number of halogens is 1. The summed E-state index contributed by atoms with van der Waals surface area (Å²) < 4.78 is 18.7. The Morgan fingerprint density at radius 3 is 2.28 bits per heavy atom. The minimum absolute atomic E-state index is 0.153. The minimum atomic E-state index is -0.975. The zero-order chi connectivity index (χ0) is 19.0. The normalized spacial score (nSPS) is 11.8. The van der Waals surface area contributed by atoms with E-state index in [2.05, 4.69) is 5.32 Å². The highest BCUT2D eigenvalue weighted by molar-refractivity contribution is 5.97. The van der Waals surface area contributed by atoms with Crippen molar-refractivity contribution < 1.29 is 23.5 Å². The fourth-order valence-corrected chi connectivity index (χ4v) is 2.25. The van der Waals surface area contributed by atoms with Crippen LogP contribution in [0.25, 0.3) is 0 Å². The van der Waals surface area contributed by atoms with Gasteiger partial charge >= 0.3 is 5.97 Å². The molecule has 0 aromatic heterocycles. The van der Waals surface area contributed by atoms with E-state index in [1.807, 2.05) is 13.8 Å². The first kappa shape index (κ1) is 20.6. The first-order chi connectivity index (χ1) is 11.8. The van der Waals surface area contributed by atoms with Crippen LogP contribution in [0.3, 0.4) is 0 Å². The molecule has 138 valence electrons. The van der Waals surface area contributed by atoms with Gasteiger partial charge in [0.15, 0.2) is 6.61 Å². The molecule has 0 bridgehead atoms. The molecule has 1 N–H and O–H groups in total. The Labute approximate surface area is 147 Å². The van der Waals surface area contributed by atoms with E-state index < -0.39 is 23.7 Å².